The summed E-state index contributed by atoms with van der Waals surface area (Å²) in [4.78, 5) is 0. The topological polar surface area (TPSA) is 56.5 Å². The van der Waals surface area contributed by atoms with E-state index in [2.05, 4.69) is 12.2 Å². The molecule has 0 saturated carbocycles. The number of anilines is 1. The average molecular weight is 264 g/mol. The van der Waals surface area contributed by atoms with Crippen molar-refractivity contribution in [3.63, 3.8) is 0 Å². The van der Waals surface area contributed by atoms with Gasteiger partial charge in [-0.3, -0.25) is 0 Å². The second-order valence-electron chi connectivity index (χ2n) is 5.06. The molecule has 2 rings (SSSR count). The Morgan fingerprint density at radius 2 is 2.32 bits per heavy atom. The number of methoxy groups -OCH3 is 1. The summed E-state index contributed by atoms with van der Waals surface area (Å²) in [6.07, 6.45) is 2.67. The Morgan fingerprint density at radius 1 is 1.47 bits per heavy atom. The van der Waals surface area contributed by atoms with E-state index in [9.17, 15) is 0 Å². The summed E-state index contributed by atoms with van der Waals surface area (Å²) >= 11 is 0. The summed E-state index contributed by atoms with van der Waals surface area (Å²) in [7, 11) is 1.65. The van der Waals surface area contributed by atoms with Crippen LogP contribution in [0.4, 0.5) is 5.69 Å². The van der Waals surface area contributed by atoms with Crippen molar-refractivity contribution < 1.29 is 9.47 Å². The third-order valence-corrected chi connectivity index (χ3v) is 3.82. The molecule has 106 valence electrons. The van der Waals surface area contributed by atoms with Gasteiger partial charge in [0.05, 0.1) is 13.2 Å². The first-order chi connectivity index (χ1) is 9.24. The van der Waals surface area contributed by atoms with E-state index in [0.717, 1.165) is 49.5 Å². The second kappa shape index (κ2) is 6.78. The molecule has 0 amide bonds. The smallest absolute Gasteiger partial charge is 0.120 e. The van der Waals surface area contributed by atoms with Gasteiger partial charge in [-0.15, -0.1) is 0 Å². The Hall–Kier alpha value is -1.26. The molecule has 4 heteroatoms. The van der Waals surface area contributed by atoms with Gasteiger partial charge in [-0.2, -0.15) is 0 Å². The molecule has 1 fully saturated rings. The zero-order chi connectivity index (χ0) is 13.7. The highest BCUT2D eigenvalue weighted by molar-refractivity contribution is 5.51. The molecule has 1 aliphatic rings. The number of nitrogen functional groups attached to an aromatic ring is 1. The predicted octanol–water partition coefficient (Wildman–Crippen LogP) is 2.18. The number of rotatable bonds is 6. The fourth-order valence-corrected chi connectivity index (χ4v) is 2.63. The van der Waals surface area contributed by atoms with Crippen LogP contribution in [0.5, 0.6) is 5.75 Å². The largest absolute Gasteiger partial charge is 0.497 e. The Bertz CT molecular complexity index is 409. The number of nitrogens with two attached hydrogens (primary N) is 1. The number of hydrogen-bond acceptors (Lipinski definition) is 4. The highest BCUT2D eigenvalue weighted by Crippen LogP contribution is 2.23. The monoisotopic (exact) mass is 264 g/mol. The van der Waals surface area contributed by atoms with Gasteiger partial charge in [-0.1, -0.05) is 13.0 Å². The third-order valence-electron chi connectivity index (χ3n) is 3.82. The van der Waals surface area contributed by atoms with E-state index in [-0.39, 0.29) is 0 Å². The van der Waals surface area contributed by atoms with Crippen LogP contribution in [-0.2, 0) is 11.3 Å². The zero-order valence-corrected chi connectivity index (χ0v) is 11.8. The van der Waals surface area contributed by atoms with Gasteiger partial charge in [0.25, 0.3) is 0 Å². The molecule has 2 atom stereocenters. The summed E-state index contributed by atoms with van der Waals surface area (Å²) < 4.78 is 10.8. The van der Waals surface area contributed by atoms with Crippen LogP contribution in [0.3, 0.4) is 0 Å². The van der Waals surface area contributed by atoms with E-state index in [1.165, 1.54) is 0 Å². The summed E-state index contributed by atoms with van der Waals surface area (Å²) in [6, 6.07) is 5.83. The van der Waals surface area contributed by atoms with Crippen LogP contribution in [0, 0.1) is 5.92 Å². The van der Waals surface area contributed by atoms with Gasteiger partial charge in [0.15, 0.2) is 0 Å². The van der Waals surface area contributed by atoms with Crippen LogP contribution in [0.2, 0.25) is 0 Å². The molecular weight excluding hydrogens is 240 g/mol. The van der Waals surface area contributed by atoms with Crippen molar-refractivity contribution in [1.82, 2.24) is 5.32 Å². The lowest BCUT2D eigenvalue weighted by Gasteiger charge is -2.17. The van der Waals surface area contributed by atoms with E-state index in [1.807, 2.05) is 18.2 Å². The van der Waals surface area contributed by atoms with Gasteiger partial charge >= 0.3 is 0 Å². The number of benzene rings is 1. The Labute approximate surface area is 115 Å². The Kier molecular flexibility index (Phi) is 5.05. The summed E-state index contributed by atoms with van der Waals surface area (Å²) in [5.41, 5.74) is 7.90. The van der Waals surface area contributed by atoms with E-state index >= 15 is 0 Å². The van der Waals surface area contributed by atoms with Crippen molar-refractivity contribution in [2.45, 2.75) is 32.4 Å². The fraction of sp³-hybridized carbons (Fsp3) is 0.600. The number of hydrogen-bond donors (Lipinski definition) is 2. The van der Waals surface area contributed by atoms with Gasteiger partial charge < -0.3 is 20.5 Å². The number of nitrogens with one attached hydrogen (secondary N) is 1. The third kappa shape index (κ3) is 3.61. The second-order valence-corrected chi connectivity index (χ2v) is 5.06. The highest BCUT2D eigenvalue weighted by Gasteiger charge is 2.25. The molecule has 0 spiro atoms. The van der Waals surface area contributed by atoms with Crippen LogP contribution in [0.15, 0.2) is 18.2 Å². The van der Waals surface area contributed by atoms with Crippen molar-refractivity contribution in [2.24, 2.45) is 5.92 Å². The Morgan fingerprint density at radius 3 is 3.00 bits per heavy atom. The van der Waals surface area contributed by atoms with Gasteiger partial charge in [0, 0.05) is 31.5 Å². The highest BCUT2D eigenvalue weighted by atomic mass is 16.5. The fourth-order valence-electron chi connectivity index (χ4n) is 2.63. The van der Waals surface area contributed by atoms with Crippen LogP contribution < -0.4 is 15.8 Å². The van der Waals surface area contributed by atoms with Crippen LogP contribution >= 0.6 is 0 Å². The minimum Gasteiger partial charge on any atom is -0.497 e. The maximum absolute atomic E-state index is 6.00. The van der Waals surface area contributed by atoms with Crippen molar-refractivity contribution in [2.75, 3.05) is 26.0 Å². The molecule has 3 N–H and O–H groups in total. The summed E-state index contributed by atoms with van der Waals surface area (Å²) in [5, 5.41) is 3.49. The van der Waals surface area contributed by atoms with Crippen molar-refractivity contribution in [3.8, 4) is 5.75 Å². The van der Waals surface area contributed by atoms with Crippen molar-refractivity contribution >= 4 is 5.69 Å². The van der Waals surface area contributed by atoms with Gasteiger partial charge in [0.2, 0.25) is 0 Å². The minimum atomic E-state index is 0.417. The molecule has 1 aromatic carbocycles. The standard InChI is InChI=1S/C15H24N2O2/c1-3-15-12(6-7-19-15)10-17-9-11-4-5-13(18-2)8-14(11)16/h4-5,8,12,15,17H,3,6-7,9-10,16H2,1-2H3. The molecule has 19 heavy (non-hydrogen) atoms. The van der Waals surface area contributed by atoms with Gasteiger partial charge in [0.1, 0.15) is 5.75 Å². The SMILES string of the molecule is CCC1OCCC1CNCc1ccc(OC)cc1N. The van der Waals surface area contributed by atoms with Gasteiger partial charge in [-0.25, -0.2) is 0 Å². The molecule has 0 radical (unpaired) electrons. The molecular formula is C15H24N2O2. The lowest BCUT2D eigenvalue weighted by molar-refractivity contribution is 0.0872. The maximum atomic E-state index is 6.00. The minimum absolute atomic E-state index is 0.417. The van der Waals surface area contributed by atoms with Crippen LogP contribution in [0.1, 0.15) is 25.3 Å². The van der Waals surface area contributed by atoms with E-state index in [0.29, 0.717) is 12.0 Å². The first-order valence-corrected chi connectivity index (χ1v) is 6.99. The summed E-state index contributed by atoms with van der Waals surface area (Å²) in [6.45, 7) is 4.87. The molecule has 1 aliphatic heterocycles. The molecule has 0 aliphatic carbocycles. The number of ether oxygens (including phenoxy) is 2. The lowest BCUT2D eigenvalue weighted by atomic mass is 9.99. The van der Waals surface area contributed by atoms with Crippen LogP contribution in [-0.4, -0.2) is 26.4 Å². The average Bonchev–Trinajstić information content (AvgIpc) is 2.88. The van der Waals surface area contributed by atoms with E-state index < -0.39 is 0 Å². The molecule has 1 heterocycles. The van der Waals surface area contributed by atoms with Crippen molar-refractivity contribution in [1.29, 1.82) is 0 Å². The molecule has 2 unspecified atom stereocenters. The van der Waals surface area contributed by atoms with Crippen molar-refractivity contribution in [3.05, 3.63) is 23.8 Å². The predicted molar refractivity (Wildman–Crippen MR) is 77.3 cm³/mol. The quantitative estimate of drug-likeness (QED) is 0.773. The first kappa shape index (κ1) is 14.2. The molecule has 1 saturated heterocycles. The maximum Gasteiger partial charge on any atom is 0.120 e. The lowest BCUT2D eigenvalue weighted by Crippen LogP contribution is -2.28. The molecule has 0 bridgehead atoms. The molecule has 0 aromatic heterocycles. The summed E-state index contributed by atoms with van der Waals surface area (Å²) in [5.74, 6) is 1.43. The molecule has 4 nitrogen and oxygen atoms in total. The zero-order valence-electron chi connectivity index (χ0n) is 11.8. The first-order valence-electron chi connectivity index (χ1n) is 6.99. The Balaban J connectivity index is 1.82. The van der Waals surface area contributed by atoms with Gasteiger partial charge in [-0.05, 0) is 30.4 Å². The molecule has 1 aromatic rings. The van der Waals surface area contributed by atoms with E-state index in [4.69, 9.17) is 15.2 Å². The van der Waals surface area contributed by atoms with E-state index in [1.54, 1.807) is 7.11 Å². The normalized spacial score (nSPS) is 22.6. The van der Waals surface area contributed by atoms with Crippen LogP contribution in [0.25, 0.3) is 0 Å².